The molecule has 0 saturated heterocycles. The van der Waals surface area contributed by atoms with Gasteiger partial charge in [-0.05, 0) is 55.2 Å². The third-order valence-electron chi connectivity index (χ3n) is 5.53. The van der Waals surface area contributed by atoms with Gasteiger partial charge in [-0.3, -0.25) is 0 Å². The van der Waals surface area contributed by atoms with Crippen molar-refractivity contribution in [3.8, 4) is 22.7 Å². The fourth-order valence-electron chi connectivity index (χ4n) is 4.04. The summed E-state index contributed by atoms with van der Waals surface area (Å²) in [6.45, 7) is 1.97. The van der Waals surface area contributed by atoms with Gasteiger partial charge in [0.15, 0.2) is 0 Å². The number of nitrogens with one attached hydrogen (secondary N) is 1. The molecule has 6 nitrogen and oxygen atoms in total. The molecule has 0 fully saturated rings. The fourth-order valence-corrected chi connectivity index (χ4v) is 4.04. The van der Waals surface area contributed by atoms with E-state index in [-0.39, 0.29) is 0 Å². The van der Waals surface area contributed by atoms with Crippen LogP contribution in [0.2, 0.25) is 0 Å². The van der Waals surface area contributed by atoms with Gasteiger partial charge in [0.05, 0.1) is 30.5 Å². The number of aromatic nitrogens is 4. The summed E-state index contributed by atoms with van der Waals surface area (Å²) >= 11 is 0. The molecular formula is C24H23N5O. The highest BCUT2D eigenvalue weighted by atomic mass is 16.5. The van der Waals surface area contributed by atoms with Gasteiger partial charge in [0.25, 0.3) is 0 Å². The molecule has 0 atom stereocenters. The minimum Gasteiger partial charge on any atom is -0.495 e. The van der Waals surface area contributed by atoms with Crippen molar-refractivity contribution in [3.63, 3.8) is 0 Å². The molecule has 5 rings (SSSR count). The number of rotatable bonds is 5. The lowest BCUT2D eigenvalue weighted by atomic mass is 10.1. The van der Waals surface area contributed by atoms with Crippen LogP contribution in [0, 0.1) is 6.92 Å². The summed E-state index contributed by atoms with van der Waals surface area (Å²) in [7, 11) is 1.67. The molecule has 0 radical (unpaired) electrons. The highest BCUT2D eigenvalue weighted by molar-refractivity contribution is 5.65. The Labute approximate surface area is 175 Å². The van der Waals surface area contributed by atoms with Crippen LogP contribution < -0.4 is 10.1 Å². The Balaban J connectivity index is 1.33. The van der Waals surface area contributed by atoms with Crippen LogP contribution in [0.5, 0.6) is 5.75 Å². The minimum absolute atomic E-state index is 0.362. The van der Waals surface area contributed by atoms with E-state index in [0.717, 1.165) is 47.0 Å². The van der Waals surface area contributed by atoms with Crippen LogP contribution in [-0.4, -0.2) is 32.9 Å². The Hall–Kier alpha value is -3.67. The van der Waals surface area contributed by atoms with Crippen molar-refractivity contribution in [1.82, 2.24) is 19.7 Å². The predicted molar refractivity (Wildman–Crippen MR) is 117 cm³/mol. The number of benzene rings is 2. The molecule has 0 saturated carbocycles. The largest absolute Gasteiger partial charge is 0.495 e. The molecule has 1 N–H and O–H groups in total. The zero-order chi connectivity index (χ0) is 20.5. The van der Waals surface area contributed by atoms with Crippen molar-refractivity contribution >= 4 is 5.82 Å². The number of nitrogens with zero attached hydrogens (tertiary/aromatic N) is 4. The SMILES string of the molecule is COc1cc(-c2ccc(NC3Cc4ccccc4C3)nn2)ccc1-n1cnc(C)c1. The maximum absolute atomic E-state index is 5.61. The van der Waals surface area contributed by atoms with E-state index in [4.69, 9.17) is 4.74 Å². The zero-order valence-electron chi connectivity index (χ0n) is 17.0. The van der Waals surface area contributed by atoms with Crippen LogP contribution in [-0.2, 0) is 12.8 Å². The molecule has 1 aliphatic rings. The molecule has 2 heterocycles. The highest BCUT2D eigenvalue weighted by Gasteiger charge is 2.21. The Bertz CT molecular complexity index is 1160. The maximum atomic E-state index is 5.61. The lowest BCUT2D eigenvalue weighted by Crippen LogP contribution is -2.20. The monoisotopic (exact) mass is 397 g/mol. The molecule has 150 valence electrons. The summed E-state index contributed by atoms with van der Waals surface area (Å²) in [6.07, 6.45) is 5.80. The lowest BCUT2D eigenvalue weighted by molar-refractivity contribution is 0.413. The van der Waals surface area contributed by atoms with E-state index in [1.54, 1.807) is 13.4 Å². The molecule has 2 aromatic heterocycles. The molecule has 0 bridgehead atoms. The van der Waals surface area contributed by atoms with E-state index in [0.29, 0.717) is 6.04 Å². The molecule has 2 aromatic carbocycles. The maximum Gasteiger partial charge on any atom is 0.148 e. The van der Waals surface area contributed by atoms with Gasteiger partial charge in [-0.25, -0.2) is 4.98 Å². The normalized spacial score (nSPS) is 13.3. The number of anilines is 1. The highest BCUT2D eigenvalue weighted by Crippen LogP contribution is 2.29. The van der Waals surface area contributed by atoms with E-state index >= 15 is 0 Å². The van der Waals surface area contributed by atoms with Gasteiger partial charge in [0.1, 0.15) is 11.6 Å². The van der Waals surface area contributed by atoms with Crippen molar-refractivity contribution < 1.29 is 4.74 Å². The molecule has 0 amide bonds. The molecule has 0 aliphatic heterocycles. The Kier molecular flexibility index (Phi) is 4.67. The average Bonchev–Trinajstić information content (AvgIpc) is 3.39. The Morgan fingerprint density at radius 1 is 1.00 bits per heavy atom. The first kappa shape index (κ1) is 18.4. The van der Waals surface area contributed by atoms with Gasteiger partial charge in [0, 0.05) is 17.8 Å². The van der Waals surface area contributed by atoms with Crippen LogP contribution in [0.1, 0.15) is 16.8 Å². The summed E-state index contributed by atoms with van der Waals surface area (Å²) < 4.78 is 7.56. The summed E-state index contributed by atoms with van der Waals surface area (Å²) in [6, 6.07) is 19.0. The Morgan fingerprint density at radius 2 is 1.80 bits per heavy atom. The van der Waals surface area contributed by atoms with E-state index in [9.17, 15) is 0 Å². The second-order valence-corrected chi connectivity index (χ2v) is 7.63. The molecule has 30 heavy (non-hydrogen) atoms. The lowest BCUT2D eigenvalue weighted by Gasteiger charge is -2.13. The van der Waals surface area contributed by atoms with Crippen molar-refractivity contribution in [2.24, 2.45) is 0 Å². The van der Waals surface area contributed by atoms with E-state index in [1.807, 2.05) is 48.0 Å². The summed E-state index contributed by atoms with van der Waals surface area (Å²) in [5, 5.41) is 12.4. The van der Waals surface area contributed by atoms with Gasteiger partial charge < -0.3 is 14.6 Å². The van der Waals surface area contributed by atoms with E-state index in [1.165, 1.54) is 11.1 Å². The van der Waals surface area contributed by atoms with Gasteiger partial charge in [-0.1, -0.05) is 30.3 Å². The van der Waals surface area contributed by atoms with Crippen molar-refractivity contribution in [3.05, 3.63) is 83.9 Å². The number of hydrogen-bond donors (Lipinski definition) is 1. The topological polar surface area (TPSA) is 64.9 Å². The number of aryl methyl sites for hydroxylation is 1. The van der Waals surface area contributed by atoms with Crippen molar-refractivity contribution in [1.29, 1.82) is 0 Å². The van der Waals surface area contributed by atoms with E-state index < -0.39 is 0 Å². The van der Waals surface area contributed by atoms with Gasteiger partial charge in [0.2, 0.25) is 0 Å². The van der Waals surface area contributed by atoms with Crippen molar-refractivity contribution in [2.45, 2.75) is 25.8 Å². The predicted octanol–water partition coefficient (Wildman–Crippen LogP) is 4.23. The second-order valence-electron chi connectivity index (χ2n) is 7.63. The van der Waals surface area contributed by atoms with Gasteiger partial charge >= 0.3 is 0 Å². The van der Waals surface area contributed by atoms with Crippen LogP contribution in [0.15, 0.2) is 67.1 Å². The smallest absolute Gasteiger partial charge is 0.148 e. The zero-order valence-corrected chi connectivity index (χ0v) is 17.0. The minimum atomic E-state index is 0.362. The number of fused-ring (bicyclic) bond motifs is 1. The Morgan fingerprint density at radius 3 is 2.43 bits per heavy atom. The van der Waals surface area contributed by atoms with Gasteiger partial charge in [-0.2, -0.15) is 0 Å². The quantitative estimate of drug-likeness (QED) is 0.546. The van der Waals surface area contributed by atoms with Crippen LogP contribution in [0.3, 0.4) is 0 Å². The molecule has 4 aromatic rings. The van der Waals surface area contributed by atoms with Crippen LogP contribution >= 0.6 is 0 Å². The second kappa shape index (κ2) is 7.63. The number of imidazole rings is 1. The first-order valence-corrected chi connectivity index (χ1v) is 10.1. The number of methoxy groups -OCH3 is 1. The van der Waals surface area contributed by atoms with Crippen LogP contribution in [0.4, 0.5) is 5.82 Å². The summed E-state index contributed by atoms with van der Waals surface area (Å²) in [5.74, 6) is 1.56. The summed E-state index contributed by atoms with van der Waals surface area (Å²) in [4.78, 5) is 4.29. The van der Waals surface area contributed by atoms with E-state index in [2.05, 4.69) is 44.8 Å². The third kappa shape index (κ3) is 3.52. The number of ether oxygens (including phenoxy) is 1. The fraction of sp³-hybridized carbons (Fsp3) is 0.208. The molecular weight excluding hydrogens is 374 g/mol. The van der Waals surface area contributed by atoms with Crippen molar-refractivity contribution in [2.75, 3.05) is 12.4 Å². The van der Waals surface area contributed by atoms with Crippen LogP contribution in [0.25, 0.3) is 16.9 Å². The average molecular weight is 397 g/mol. The standard InChI is InChI=1S/C24H23N5O/c1-16-14-29(15-25-16)22-9-7-19(13-23(22)30-2)21-8-10-24(28-27-21)26-20-11-17-5-3-4-6-18(17)12-20/h3-10,13-15,20H,11-12H2,1-2H3,(H,26,28). The third-order valence-corrected chi connectivity index (χ3v) is 5.53. The van der Waals surface area contributed by atoms with Gasteiger partial charge in [-0.15, -0.1) is 10.2 Å². The first-order chi connectivity index (χ1) is 14.7. The number of hydrogen-bond acceptors (Lipinski definition) is 5. The summed E-state index contributed by atoms with van der Waals surface area (Å²) in [5.41, 5.74) is 6.50. The molecule has 1 aliphatic carbocycles. The first-order valence-electron chi connectivity index (χ1n) is 10.1. The molecule has 0 spiro atoms. The molecule has 6 heteroatoms. The molecule has 0 unspecified atom stereocenters.